The zero-order valence-corrected chi connectivity index (χ0v) is 21.1. The van der Waals surface area contributed by atoms with Crippen molar-refractivity contribution in [1.82, 2.24) is 4.98 Å². The molecule has 0 bridgehead atoms. The van der Waals surface area contributed by atoms with Gasteiger partial charge < -0.3 is 14.2 Å². The monoisotopic (exact) mass is 479 g/mol. The second kappa shape index (κ2) is 12.3. The number of methoxy groups -OCH3 is 2. The molecule has 186 valence electrons. The number of pyridine rings is 1. The summed E-state index contributed by atoms with van der Waals surface area (Å²) in [6.07, 6.45) is 4.33. The van der Waals surface area contributed by atoms with Gasteiger partial charge in [0.1, 0.15) is 17.7 Å². The topological polar surface area (TPSA) is 57.7 Å². The van der Waals surface area contributed by atoms with Gasteiger partial charge in [-0.2, -0.15) is 0 Å². The molecule has 0 amide bonds. The van der Waals surface area contributed by atoms with Crippen molar-refractivity contribution in [3.63, 3.8) is 0 Å². The summed E-state index contributed by atoms with van der Waals surface area (Å²) in [5.41, 5.74) is 4.23. The van der Waals surface area contributed by atoms with Crippen LogP contribution in [0.25, 0.3) is 11.1 Å². The van der Waals surface area contributed by atoms with Crippen molar-refractivity contribution in [2.75, 3.05) is 14.2 Å². The molecule has 2 heterocycles. The number of halogens is 1. The lowest BCUT2D eigenvalue weighted by molar-refractivity contribution is -0.144. The molecular formula is C29H34FNO4. The molecule has 2 unspecified atom stereocenters. The summed E-state index contributed by atoms with van der Waals surface area (Å²) in [5.74, 6) is 0.462. The molecule has 3 aromatic rings. The van der Waals surface area contributed by atoms with Gasteiger partial charge >= 0.3 is 5.97 Å². The Balaban J connectivity index is 0.00000167. The summed E-state index contributed by atoms with van der Waals surface area (Å²) in [5, 5.41) is 0. The molecule has 2 atom stereocenters. The smallest absolute Gasteiger partial charge is 0.308 e. The quantitative estimate of drug-likeness (QED) is 0.367. The van der Waals surface area contributed by atoms with Crippen molar-refractivity contribution in [1.29, 1.82) is 0 Å². The Morgan fingerprint density at radius 2 is 1.89 bits per heavy atom. The molecule has 0 radical (unpaired) electrons. The first-order valence-corrected chi connectivity index (χ1v) is 12.1. The predicted octanol–water partition coefficient (Wildman–Crippen LogP) is 6.73. The van der Waals surface area contributed by atoms with E-state index in [1.54, 1.807) is 25.4 Å². The van der Waals surface area contributed by atoms with Crippen LogP contribution in [0.4, 0.5) is 4.39 Å². The number of hydrogen-bond donors (Lipinski definition) is 0. The van der Waals surface area contributed by atoms with E-state index in [4.69, 9.17) is 14.2 Å². The lowest BCUT2D eigenvalue weighted by Gasteiger charge is -2.20. The minimum atomic E-state index is -0.374. The Labute approximate surface area is 207 Å². The fourth-order valence-electron chi connectivity index (χ4n) is 4.26. The van der Waals surface area contributed by atoms with E-state index in [1.807, 2.05) is 51.1 Å². The summed E-state index contributed by atoms with van der Waals surface area (Å²) in [6.45, 7) is 5.84. The summed E-state index contributed by atoms with van der Waals surface area (Å²) < 4.78 is 31.6. The zero-order chi connectivity index (χ0) is 25.4. The van der Waals surface area contributed by atoms with E-state index in [0.717, 1.165) is 47.3 Å². The van der Waals surface area contributed by atoms with Crippen LogP contribution in [0.1, 0.15) is 56.4 Å². The molecule has 1 aromatic heterocycles. The fraction of sp³-hybridized carbons (Fsp3) is 0.379. The molecule has 0 fully saturated rings. The number of fused-ring (bicyclic) bond motifs is 1. The van der Waals surface area contributed by atoms with Crippen LogP contribution in [-0.2, 0) is 22.4 Å². The minimum absolute atomic E-state index is 0.238. The van der Waals surface area contributed by atoms with Crippen LogP contribution in [0, 0.1) is 11.7 Å². The number of ether oxygens (including phenoxy) is 3. The Morgan fingerprint density at radius 3 is 2.60 bits per heavy atom. The van der Waals surface area contributed by atoms with Crippen LogP contribution in [-0.4, -0.2) is 25.2 Å². The van der Waals surface area contributed by atoms with Crippen molar-refractivity contribution in [2.24, 2.45) is 5.92 Å². The minimum Gasteiger partial charge on any atom is -0.485 e. The van der Waals surface area contributed by atoms with E-state index in [1.165, 1.54) is 13.2 Å². The van der Waals surface area contributed by atoms with Crippen LogP contribution in [0.5, 0.6) is 11.6 Å². The number of carbonyl (C=O) groups excluding carboxylic acids is 1. The molecule has 5 nitrogen and oxygen atoms in total. The van der Waals surface area contributed by atoms with Gasteiger partial charge in [0.15, 0.2) is 0 Å². The molecule has 0 spiro atoms. The maximum absolute atomic E-state index is 15.2. The van der Waals surface area contributed by atoms with Crippen LogP contribution >= 0.6 is 0 Å². The van der Waals surface area contributed by atoms with Gasteiger partial charge in [-0.3, -0.25) is 4.79 Å². The number of esters is 1. The summed E-state index contributed by atoms with van der Waals surface area (Å²) >= 11 is 0. The van der Waals surface area contributed by atoms with Crippen molar-refractivity contribution >= 4 is 5.97 Å². The van der Waals surface area contributed by atoms with E-state index in [-0.39, 0.29) is 23.8 Å². The SMILES string of the molecule is CC.COC(=O)C(C)Cc1ccc2c(c1)OC(c1ccc(-c3ccnc(OC)c3)cc1F)CCC2. The average Bonchev–Trinajstić information content (AvgIpc) is 3.11. The third-order valence-electron chi connectivity index (χ3n) is 6.08. The molecule has 6 heteroatoms. The molecule has 0 saturated heterocycles. The van der Waals surface area contributed by atoms with Crippen molar-refractivity contribution < 1.29 is 23.4 Å². The highest BCUT2D eigenvalue weighted by molar-refractivity contribution is 5.72. The molecule has 4 rings (SSSR count). The summed E-state index contributed by atoms with van der Waals surface area (Å²) in [6, 6.07) is 14.9. The van der Waals surface area contributed by atoms with Gasteiger partial charge in [-0.25, -0.2) is 9.37 Å². The van der Waals surface area contributed by atoms with E-state index in [2.05, 4.69) is 4.98 Å². The molecule has 0 N–H and O–H groups in total. The number of aryl methyl sites for hydroxylation is 1. The molecular weight excluding hydrogens is 445 g/mol. The highest BCUT2D eigenvalue weighted by atomic mass is 19.1. The van der Waals surface area contributed by atoms with E-state index < -0.39 is 0 Å². The van der Waals surface area contributed by atoms with Crippen LogP contribution in [0.2, 0.25) is 0 Å². The first-order valence-electron chi connectivity index (χ1n) is 12.1. The second-order valence-electron chi connectivity index (χ2n) is 8.39. The van der Waals surface area contributed by atoms with Crippen molar-refractivity contribution in [3.8, 4) is 22.8 Å². The van der Waals surface area contributed by atoms with Crippen molar-refractivity contribution in [2.45, 2.75) is 52.6 Å². The highest BCUT2D eigenvalue weighted by Crippen LogP contribution is 2.36. The number of nitrogens with zero attached hydrogens (tertiary/aromatic N) is 1. The van der Waals surface area contributed by atoms with E-state index in [0.29, 0.717) is 17.9 Å². The Bertz CT molecular complexity index is 1150. The van der Waals surface area contributed by atoms with E-state index >= 15 is 4.39 Å². The predicted molar refractivity (Wildman–Crippen MR) is 135 cm³/mol. The second-order valence-corrected chi connectivity index (χ2v) is 8.39. The van der Waals surface area contributed by atoms with Gasteiger partial charge in [-0.05, 0) is 66.1 Å². The number of carbonyl (C=O) groups is 1. The first kappa shape index (κ1) is 26.2. The van der Waals surface area contributed by atoms with Gasteiger partial charge in [-0.15, -0.1) is 0 Å². The fourth-order valence-corrected chi connectivity index (χ4v) is 4.26. The van der Waals surface area contributed by atoms with Crippen molar-refractivity contribution in [3.05, 3.63) is 77.2 Å². The van der Waals surface area contributed by atoms with E-state index in [9.17, 15) is 4.79 Å². The largest absolute Gasteiger partial charge is 0.485 e. The number of benzene rings is 2. The van der Waals surface area contributed by atoms with Gasteiger partial charge in [0, 0.05) is 17.8 Å². The zero-order valence-electron chi connectivity index (χ0n) is 21.1. The normalized spacial score (nSPS) is 15.4. The third-order valence-corrected chi connectivity index (χ3v) is 6.08. The number of hydrogen-bond acceptors (Lipinski definition) is 5. The molecule has 35 heavy (non-hydrogen) atoms. The Kier molecular flexibility index (Phi) is 9.24. The molecule has 0 saturated carbocycles. The van der Waals surface area contributed by atoms with Gasteiger partial charge in [0.2, 0.25) is 5.88 Å². The molecule has 1 aliphatic rings. The van der Waals surface area contributed by atoms with Gasteiger partial charge in [-0.1, -0.05) is 45.0 Å². The highest BCUT2D eigenvalue weighted by Gasteiger charge is 2.23. The number of rotatable bonds is 6. The summed E-state index contributed by atoms with van der Waals surface area (Å²) in [7, 11) is 2.95. The average molecular weight is 480 g/mol. The maximum Gasteiger partial charge on any atom is 0.308 e. The lowest BCUT2D eigenvalue weighted by atomic mass is 9.98. The first-order chi connectivity index (χ1) is 17.0. The van der Waals surface area contributed by atoms with Crippen LogP contribution in [0.15, 0.2) is 54.7 Å². The standard InChI is InChI=1S/C27H28FNO4.C2H6/c1-17(27(30)32-3)13-18-7-8-19-5-4-6-24(33-25(19)14-18)22-10-9-20(15-23(22)28)21-11-12-29-26(16-21)31-2;1-2/h7-12,14-17,24H,4-6,13H2,1-3H3;1-2H3. The molecule has 2 aromatic carbocycles. The van der Waals surface area contributed by atoms with Crippen LogP contribution < -0.4 is 9.47 Å². The Hall–Kier alpha value is -3.41. The molecule has 0 aliphatic carbocycles. The lowest BCUT2D eigenvalue weighted by Crippen LogP contribution is -2.15. The van der Waals surface area contributed by atoms with Crippen LogP contribution in [0.3, 0.4) is 0 Å². The van der Waals surface area contributed by atoms with Gasteiger partial charge in [0.05, 0.1) is 20.1 Å². The maximum atomic E-state index is 15.2. The Morgan fingerprint density at radius 1 is 1.11 bits per heavy atom. The molecule has 1 aliphatic heterocycles. The van der Waals surface area contributed by atoms with Gasteiger partial charge in [0.25, 0.3) is 0 Å². The number of aromatic nitrogens is 1. The summed E-state index contributed by atoms with van der Waals surface area (Å²) in [4.78, 5) is 15.9. The third kappa shape index (κ3) is 6.38.